The van der Waals surface area contributed by atoms with Crippen LogP contribution >= 0.6 is 11.3 Å². The van der Waals surface area contributed by atoms with Crippen molar-refractivity contribution in [2.75, 3.05) is 5.32 Å². The molecule has 35 heavy (non-hydrogen) atoms. The van der Waals surface area contributed by atoms with Gasteiger partial charge < -0.3 is 16.2 Å². The molecule has 0 saturated heterocycles. The zero-order valence-corrected chi connectivity index (χ0v) is 20.0. The van der Waals surface area contributed by atoms with Gasteiger partial charge in [0.15, 0.2) is 0 Å². The maximum atomic E-state index is 13.0. The van der Waals surface area contributed by atoms with Gasteiger partial charge in [-0.3, -0.25) is 15.4 Å². The summed E-state index contributed by atoms with van der Waals surface area (Å²) in [5, 5.41) is 6.11. The molecule has 0 bridgehead atoms. The summed E-state index contributed by atoms with van der Waals surface area (Å²) < 4.78 is 5.79. The summed E-state index contributed by atoms with van der Waals surface area (Å²) in [5.74, 6) is -0.925. The number of carbonyl (C=O) groups is 3. The lowest BCUT2D eigenvalue weighted by atomic mass is 10.1. The van der Waals surface area contributed by atoms with Gasteiger partial charge in [-0.1, -0.05) is 48.5 Å². The fourth-order valence-corrected chi connectivity index (χ4v) is 5.26. The average Bonchev–Trinajstić information content (AvgIpc) is 3.50. The summed E-state index contributed by atoms with van der Waals surface area (Å²) in [5.41, 5.74) is 13.5. The van der Waals surface area contributed by atoms with Crippen LogP contribution in [-0.2, 0) is 16.1 Å². The van der Waals surface area contributed by atoms with Crippen LogP contribution in [0.4, 0.5) is 9.80 Å². The molecule has 3 aromatic rings. The average molecular weight is 493 g/mol. The number of nitrogens with two attached hydrogens (primary N) is 2. The molecule has 0 radical (unpaired) electrons. The first-order valence-corrected chi connectivity index (χ1v) is 12.3. The second kappa shape index (κ2) is 11.2. The van der Waals surface area contributed by atoms with E-state index in [1.54, 1.807) is 6.07 Å². The maximum Gasteiger partial charge on any atom is 0.328 e. The monoisotopic (exact) mass is 492 g/mol. The van der Waals surface area contributed by atoms with Crippen molar-refractivity contribution in [2.45, 2.75) is 44.4 Å². The van der Waals surface area contributed by atoms with Crippen molar-refractivity contribution >= 4 is 34.2 Å². The molecule has 9 heteroatoms. The Morgan fingerprint density at radius 1 is 1.00 bits per heavy atom. The zero-order valence-electron chi connectivity index (χ0n) is 19.2. The van der Waals surface area contributed by atoms with E-state index in [2.05, 4.69) is 10.6 Å². The third-order valence-corrected chi connectivity index (χ3v) is 7.01. The minimum atomic E-state index is -0.768. The van der Waals surface area contributed by atoms with Crippen LogP contribution in [0.25, 0.3) is 10.4 Å². The van der Waals surface area contributed by atoms with Gasteiger partial charge in [0.25, 0.3) is 5.91 Å². The molecular formula is C26H28N4O4S. The number of urea groups is 1. The summed E-state index contributed by atoms with van der Waals surface area (Å²) in [6.45, 7) is 0.424. The molecule has 1 fully saturated rings. The smallest absolute Gasteiger partial charge is 0.328 e. The normalized spacial score (nSPS) is 14.4. The molecule has 1 atom stereocenters. The summed E-state index contributed by atoms with van der Waals surface area (Å²) in [4.78, 5) is 36.9. The highest BCUT2D eigenvalue weighted by Gasteiger charge is 2.26. The van der Waals surface area contributed by atoms with Crippen LogP contribution in [-0.4, -0.2) is 24.0 Å². The van der Waals surface area contributed by atoms with Crippen molar-refractivity contribution in [1.29, 1.82) is 0 Å². The summed E-state index contributed by atoms with van der Waals surface area (Å²) in [6.07, 6.45) is 3.99. The van der Waals surface area contributed by atoms with E-state index >= 15 is 0 Å². The molecule has 1 heterocycles. The Labute approximate surface area is 207 Å². The highest BCUT2D eigenvalue weighted by Crippen LogP contribution is 2.35. The van der Waals surface area contributed by atoms with Crippen molar-refractivity contribution in [2.24, 2.45) is 11.5 Å². The number of hydrogen-bond donors (Lipinski definition) is 4. The first-order valence-electron chi connectivity index (χ1n) is 11.5. The van der Waals surface area contributed by atoms with E-state index in [0.717, 1.165) is 47.3 Å². The van der Waals surface area contributed by atoms with Crippen LogP contribution in [0.2, 0.25) is 0 Å². The van der Waals surface area contributed by atoms with Gasteiger partial charge in [-0.05, 0) is 54.5 Å². The SMILES string of the molecule is NC(=O)Nc1sc(-c2cccc(CN[C@H](C(=O)OC3CCCC3)c3ccccc3)c2)cc1C(N)=O. The molecule has 6 N–H and O–H groups in total. The van der Waals surface area contributed by atoms with E-state index in [4.69, 9.17) is 16.2 Å². The molecule has 3 amide bonds. The number of carbonyl (C=O) groups excluding carboxylic acids is 3. The van der Waals surface area contributed by atoms with E-state index in [1.165, 1.54) is 11.3 Å². The minimum Gasteiger partial charge on any atom is -0.461 e. The highest BCUT2D eigenvalue weighted by molar-refractivity contribution is 7.20. The number of amides is 3. The van der Waals surface area contributed by atoms with Crippen molar-refractivity contribution < 1.29 is 19.1 Å². The van der Waals surface area contributed by atoms with Crippen LogP contribution in [0.3, 0.4) is 0 Å². The standard InChI is InChI=1S/C26H28N4O4S/c27-23(31)20-14-21(35-24(20)30-26(28)33)18-10-6-7-16(13-18)15-29-22(17-8-2-1-3-9-17)25(32)34-19-11-4-5-12-19/h1-3,6-10,13-14,19,22,29H,4-5,11-12,15H2,(H2,27,31)(H3,28,30,33)/t22-/m0/s1. The minimum absolute atomic E-state index is 0.0136. The lowest BCUT2D eigenvalue weighted by molar-refractivity contribution is -0.151. The van der Waals surface area contributed by atoms with Crippen LogP contribution in [0, 0.1) is 0 Å². The quantitative estimate of drug-likeness (QED) is 0.330. The Morgan fingerprint density at radius 3 is 2.43 bits per heavy atom. The number of anilines is 1. The molecular weight excluding hydrogens is 464 g/mol. The number of primary amides is 2. The van der Waals surface area contributed by atoms with Gasteiger partial charge in [0.05, 0.1) is 5.56 Å². The van der Waals surface area contributed by atoms with Gasteiger partial charge in [-0.2, -0.15) is 0 Å². The number of benzene rings is 2. The number of nitrogens with one attached hydrogen (secondary N) is 2. The number of rotatable bonds is 9. The van der Waals surface area contributed by atoms with Crippen LogP contribution in [0.15, 0.2) is 60.7 Å². The second-order valence-corrected chi connectivity index (χ2v) is 9.53. The second-order valence-electron chi connectivity index (χ2n) is 8.48. The van der Waals surface area contributed by atoms with Gasteiger partial charge in [0, 0.05) is 11.4 Å². The lowest BCUT2D eigenvalue weighted by Gasteiger charge is -2.21. The Balaban J connectivity index is 1.52. The zero-order chi connectivity index (χ0) is 24.8. The van der Waals surface area contributed by atoms with Crippen molar-refractivity contribution in [3.05, 3.63) is 77.4 Å². The molecule has 1 aliphatic rings. The van der Waals surface area contributed by atoms with Crippen LogP contribution in [0.5, 0.6) is 0 Å². The molecule has 2 aromatic carbocycles. The lowest BCUT2D eigenvalue weighted by Crippen LogP contribution is -2.32. The molecule has 0 spiro atoms. The first kappa shape index (κ1) is 24.4. The Hall–Kier alpha value is -3.69. The fourth-order valence-electron chi connectivity index (χ4n) is 4.20. The first-order chi connectivity index (χ1) is 16.9. The number of thiophene rings is 1. The summed E-state index contributed by atoms with van der Waals surface area (Å²) >= 11 is 1.21. The molecule has 0 unspecified atom stereocenters. The van der Waals surface area contributed by atoms with Crippen LogP contribution < -0.4 is 22.1 Å². The Kier molecular flexibility index (Phi) is 7.79. The third kappa shape index (κ3) is 6.26. The topological polar surface area (TPSA) is 137 Å². The fraction of sp³-hybridized carbons (Fsp3) is 0.269. The van der Waals surface area contributed by atoms with Gasteiger partial charge in [0.1, 0.15) is 17.1 Å². The summed E-state index contributed by atoms with van der Waals surface area (Å²) in [7, 11) is 0. The molecule has 1 aliphatic carbocycles. The predicted molar refractivity (Wildman–Crippen MR) is 136 cm³/mol. The molecule has 8 nitrogen and oxygen atoms in total. The number of ether oxygens (including phenoxy) is 1. The van der Waals surface area contributed by atoms with E-state index in [9.17, 15) is 14.4 Å². The maximum absolute atomic E-state index is 13.0. The number of hydrogen-bond acceptors (Lipinski definition) is 6. The largest absolute Gasteiger partial charge is 0.461 e. The molecule has 182 valence electrons. The van der Waals surface area contributed by atoms with Crippen LogP contribution in [0.1, 0.15) is 53.2 Å². The Morgan fingerprint density at radius 2 is 1.74 bits per heavy atom. The molecule has 1 saturated carbocycles. The van der Waals surface area contributed by atoms with Gasteiger partial charge >= 0.3 is 12.0 Å². The van der Waals surface area contributed by atoms with Crippen molar-refractivity contribution in [1.82, 2.24) is 5.32 Å². The van der Waals surface area contributed by atoms with Crippen molar-refractivity contribution in [3.8, 4) is 10.4 Å². The Bertz CT molecular complexity index is 1210. The van der Waals surface area contributed by atoms with E-state index in [0.29, 0.717) is 11.5 Å². The molecule has 0 aliphatic heterocycles. The summed E-state index contributed by atoms with van der Waals surface area (Å²) in [6, 6.07) is 17.5. The van der Waals surface area contributed by atoms with Crippen molar-refractivity contribution in [3.63, 3.8) is 0 Å². The third-order valence-electron chi connectivity index (χ3n) is 5.91. The van der Waals surface area contributed by atoms with Gasteiger partial charge in [-0.25, -0.2) is 9.59 Å². The molecule has 4 rings (SSSR count). The number of esters is 1. The van der Waals surface area contributed by atoms with E-state index in [1.807, 2.05) is 54.6 Å². The van der Waals surface area contributed by atoms with E-state index in [-0.39, 0.29) is 17.6 Å². The van der Waals surface area contributed by atoms with Gasteiger partial charge in [-0.15, -0.1) is 11.3 Å². The predicted octanol–water partition coefficient (Wildman–Crippen LogP) is 4.32. The highest BCUT2D eigenvalue weighted by atomic mass is 32.1. The molecule has 1 aromatic heterocycles. The van der Waals surface area contributed by atoms with Gasteiger partial charge in [0.2, 0.25) is 0 Å². The van der Waals surface area contributed by atoms with E-state index < -0.39 is 18.0 Å².